The molecule has 0 bridgehead atoms. The average Bonchev–Trinajstić information content (AvgIpc) is 2.57. The number of unbranched alkanes of at least 4 members (excludes halogenated alkanes) is 10. The molecular formula is C21H38O2. The Kier molecular flexibility index (Phi) is 12.2. The van der Waals surface area contributed by atoms with Crippen LogP contribution in [0.3, 0.4) is 0 Å². The van der Waals surface area contributed by atoms with Gasteiger partial charge in [-0.05, 0) is 38.0 Å². The van der Waals surface area contributed by atoms with Crippen molar-refractivity contribution in [3.05, 3.63) is 11.6 Å². The van der Waals surface area contributed by atoms with Crippen molar-refractivity contribution in [2.24, 2.45) is 11.8 Å². The zero-order chi connectivity index (χ0) is 16.8. The molecule has 2 heteroatoms. The molecule has 23 heavy (non-hydrogen) atoms. The minimum Gasteiger partial charge on any atom is -0.396 e. The van der Waals surface area contributed by atoms with Gasteiger partial charge in [0.25, 0.3) is 0 Å². The summed E-state index contributed by atoms with van der Waals surface area (Å²) in [7, 11) is 0. The lowest BCUT2D eigenvalue weighted by Gasteiger charge is -2.23. The Morgan fingerprint density at radius 2 is 1.43 bits per heavy atom. The molecule has 0 fully saturated rings. The van der Waals surface area contributed by atoms with E-state index in [9.17, 15) is 4.79 Å². The van der Waals surface area contributed by atoms with E-state index in [2.05, 4.69) is 13.0 Å². The summed E-state index contributed by atoms with van der Waals surface area (Å²) in [4.78, 5) is 10.9. The molecule has 1 rings (SSSR count). The highest BCUT2D eigenvalue weighted by Crippen LogP contribution is 2.30. The molecule has 0 saturated heterocycles. The minimum atomic E-state index is 0.193. The van der Waals surface area contributed by atoms with Crippen LogP contribution in [-0.2, 0) is 4.79 Å². The van der Waals surface area contributed by atoms with Crippen molar-refractivity contribution in [1.29, 1.82) is 0 Å². The van der Waals surface area contributed by atoms with Gasteiger partial charge in [0.05, 0.1) is 0 Å². The maximum absolute atomic E-state index is 10.9. The van der Waals surface area contributed by atoms with Crippen LogP contribution in [0, 0.1) is 11.8 Å². The normalized spacial score (nSPS) is 21.2. The van der Waals surface area contributed by atoms with Gasteiger partial charge in [0.2, 0.25) is 0 Å². The van der Waals surface area contributed by atoms with Crippen LogP contribution in [0.5, 0.6) is 0 Å². The first-order chi connectivity index (χ1) is 11.3. The molecule has 0 amide bonds. The SMILES string of the molecule is CC1CCC(C=O)C=C1CCCCCCCCCCCCCO. The van der Waals surface area contributed by atoms with Gasteiger partial charge in [-0.2, -0.15) is 0 Å². The van der Waals surface area contributed by atoms with E-state index in [0.717, 1.165) is 19.1 Å². The minimum absolute atomic E-state index is 0.193. The predicted octanol–water partition coefficient (Wildman–Crippen LogP) is 5.83. The first-order valence-electron chi connectivity index (χ1n) is 10.0. The molecule has 0 aromatic rings. The van der Waals surface area contributed by atoms with Crippen molar-refractivity contribution in [2.75, 3.05) is 6.61 Å². The monoisotopic (exact) mass is 322 g/mol. The van der Waals surface area contributed by atoms with E-state index < -0.39 is 0 Å². The van der Waals surface area contributed by atoms with Gasteiger partial charge in [-0.25, -0.2) is 0 Å². The largest absolute Gasteiger partial charge is 0.396 e. The summed E-state index contributed by atoms with van der Waals surface area (Å²) in [6.45, 7) is 2.67. The third-order valence-corrected chi connectivity index (χ3v) is 5.29. The first-order valence-corrected chi connectivity index (χ1v) is 10.0. The van der Waals surface area contributed by atoms with Crippen molar-refractivity contribution in [3.8, 4) is 0 Å². The molecule has 1 N–H and O–H groups in total. The van der Waals surface area contributed by atoms with Crippen molar-refractivity contribution >= 4 is 6.29 Å². The Labute approximate surface area is 143 Å². The fourth-order valence-electron chi connectivity index (χ4n) is 3.62. The maximum atomic E-state index is 10.9. The van der Waals surface area contributed by atoms with E-state index in [1.807, 2.05) is 0 Å². The molecular weight excluding hydrogens is 284 g/mol. The fourth-order valence-corrected chi connectivity index (χ4v) is 3.62. The molecule has 0 aliphatic heterocycles. The topological polar surface area (TPSA) is 37.3 Å². The summed E-state index contributed by atoms with van der Waals surface area (Å²) in [5.74, 6) is 0.885. The highest BCUT2D eigenvalue weighted by Gasteiger charge is 2.18. The van der Waals surface area contributed by atoms with E-state index >= 15 is 0 Å². The van der Waals surface area contributed by atoms with Gasteiger partial charge in [-0.1, -0.05) is 76.4 Å². The molecule has 0 aromatic heterocycles. The van der Waals surface area contributed by atoms with Gasteiger partial charge in [0.1, 0.15) is 6.29 Å². The first kappa shape index (κ1) is 20.4. The van der Waals surface area contributed by atoms with Crippen LogP contribution in [0.1, 0.15) is 96.8 Å². The van der Waals surface area contributed by atoms with E-state index in [1.54, 1.807) is 0 Å². The molecule has 0 saturated carbocycles. The Bertz CT molecular complexity index is 322. The van der Waals surface area contributed by atoms with Crippen LogP contribution in [0.25, 0.3) is 0 Å². The molecule has 2 nitrogen and oxygen atoms in total. The standard InChI is InChI=1S/C21H38O2/c1-19-14-15-20(18-23)17-21(19)13-11-9-7-5-3-2-4-6-8-10-12-16-22/h17-20,22H,2-16H2,1H3. The van der Waals surface area contributed by atoms with E-state index in [0.29, 0.717) is 12.5 Å². The fraction of sp³-hybridized carbons (Fsp3) is 0.857. The molecule has 1 aliphatic carbocycles. The Hall–Kier alpha value is -0.630. The van der Waals surface area contributed by atoms with Crippen molar-refractivity contribution in [2.45, 2.75) is 96.8 Å². The summed E-state index contributed by atoms with van der Waals surface area (Å²) < 4.78 is 0. The number of carbonyl (C=O) groups excluding carboxylic acids is 1. The summed E-state index contributed by atoms with van der Waals surface area (Å²) in [6.07, 6.45) is 21.1. The van der Waals surface area contributed by atoms with Crippen LogP contribution < -0.4 is 0 Å². The summed E-state index contributed by atoms with van der Waals surface area (Å²) >= 11 is 0. The lowest BCUT2D eigenvalue weighted by atomic mass is 9.82. The number of hydrogen-bond acceptors (Lipinski definition) is 2. The van der Waals surface area contributed by atoms with Crippen LogP contribution in [0.15, 0.2) is 11.6 Å². The number of rotatable bonds is 14. The smallest absolute Gasteiger partial charge is 0.126 e. The number of aliphatic hydroxyl groups is 1. The quantitative estimate of drug-likeness (QED) is 0.248. The molecule has 0 heterocycles. The summed E-state index contributed by atoms with van der Waals surface area (Å²) in [5, 5.41) is 8.71. The zero-order valence-electron chi connectivity index (χ0n) is 15.3. The number of allylic oxidation sites excluding steroid dienone is 2. The highest BCUT2D eigenvalue weighted by atomic mass is 16.2. The summed E-state index contributed by atoms with van der Waals surface area (Å²) in [5.41, 5.74) is 1.54. The maximum Gasteiger partial charge on any atom is 0.126 e. The molecule has 1 aliphatic rings. The van der Waals surface area contributed by atoms with Crippen LogP contribution >= 0.6 is 0 Å². The molecule has 0 radical (unpaired) electrons. The summed E-state index contributed by atoms with van der Waals surface area (Å²) in [6, 6.07) is 0. The second-order valence-corrected chi connectivity index (χ2v) is 7.38. The van der Waals surface area contributed by atoms with E-state index in [-0.39, 0.29) is 5.92 Å². The van der Waals surface area contributed by atoms with Gasteiger partial charge in [0, 0.05) is 12.5 Å². The predicted molar refractivity (Wildman–Crippen MR) is 98.5 cm³/mol. The average molecular weight is 323 g/mol. The van der Waals surface area contributed by atoms with Gasteiger partial charge in [-0.15, -0.1) is 0 Å². The third kappa shape index (κ3) is 9.96. The molecule has 2 atom stereocenters. The van der Waals surface area contributed by atoms with Crippen LogP contribution in [-0.4, -0.2) is 18.0 Å². The van der Waals surface area contributed by atoms with Crippen LogP contribution in [0.4, 0.5) is 0 Å². The Morgan fingerprint density at radius 1 is 0.913 bits per heavy atom. The zero-order valence-corrected chi connectivity index (χ0v) is 15.3. The second kappa shape index (κ2) is 13.8. The van der Waals surface area contributed by atoms with Crippen molar-refractivity contribution in [3.63, 3.8) is 0 Å². The number of aliphatic hydroxyl groups excluding tert-OH is 1. The van der Waals surface area contributed by atoms with Gasteiger partial charge < -0.3 is 9.90 Å². The van der Waals surface area contributed by atoms with Gasteiger partial charge in [-0.3, -0.25) is 0 Å². The number of carbonyl (C=O) groups is 1. The Balaban J connectivity index is 1.91. The number of aldehydes is 1. The molecule has 0 spiro atoms. The lowest BCUT2D eigenvalue weighted by molar-refractivity contribution is -0.110. The second-order valence-electron chi connectivity index (χ2n) is 7.38. The molecule has 134 valence electrons. The lowest BCUT2D eigenvalue weighted by Crippen LogP contribution is -2.12. The number of hydrogen-bond donors (Lipinski definition) is 1. The van der Waals surface area contributed by atoms with E-state index in [1.165, 1.54) is 82.6 Å². The highest BCUT2D eigenvalue weighted by molar-refractivity contribution is 5.57. The molecule has 0 aromatic carbocycles. The van der Waals surface area contributed by atoms with Gasteiger partial charge in [0.15, 0.2) is 0 Å². The van der Waals surface area contributed by atoms with Crippen molar-refractivity contribution in [1.82, 2.24) is 0 Å². The molecule has 2 unspecified atom stereocenters. The van der Waals surface area contributed by atoms with Crippen molar-refractivity contribution < 1.29 is 9.90 Å². The van der Waals surface area contributed by atoms with Crippen LogP contribution in [0.2, 0.25) is 0 Å². The Morgan fingerprint density at radius 3 is 1.96 bits per heavy atom. The van der Waals surface area contributed by atoms with E-state index in [4.69, 9.17) is 5.11 Å². The third-order valence-electron chi connectivity index (χ3n) is 5.29. The van der Waals surface area contributed by atoms with Gasteiger partial charge >= 0.3 is 0 Å².